The van der Waals surface area contributed by atoms with Gasteiger partial charge in [0, 0.05) is 29.7 Å². The number of fused-ring (bicyclic) bond motifs is 1. The molecule has 0 fully saturated rings. The van der Waals surface area contributed by atoms with Gasteiger partial charge in [0.15, 0.2) is 8.24 Å². The summed E-state index contributed by atoms with van der Waals surface area (Å²) in [5, 5.41) is 4.08. The zero-order valence-electron chi connectivity index (χ0n) is 23.1. The molecule has 1 aromatic carbocycles. The Kier molecular flexibility index (Phi) is 8.97. The van der Waals surface area contributed by atoms with Crippen LogP contribution in [0.2, 0.25) is 16.6 Å². The van der Waals surface area contributed by atoms with Crippen molar-refractivity contribution in [2.75, 3.05) is 26.5 Å². The molecule has 0 bridgehead atoms. The number of nitrogens with one attached hydrogen (secondary N) is 1. The average molecular weight is 555 g/mol. The number of carbonyl (C=O) groups excluding carboxylic acids is 1. The van der Waals surface area contributed by atoms with E-state index in [-0.39, 0.29) is 0 Å². The molecule has 0 unspecified atom stereocenters. The summed E-state index contributed by atoms with van der Waals surface area (Å²) in [5.74, 6) is 0.688. The number of nitrogens with zero attached hydrogens (tertiary/aromatic N) is 2. The minimum absolute atomic E-state index is 0.480. The number of benzene rings is 1. The van der Waals surface area contributed by atoms with E-state index in [0.29, 0.717) is 28.1 Å². The van der Waals surface area contributed by atoms with Gasteiger partial charge in [-0.25, -0.2) is 4.79 Å². The second kappa shape index (κ2) is 10.6. The molecule has 1 amide bonds. The number of hydrogen-bond donors (Lipinski definition) is 1. The summed E-state index contributed by atoms with van der Waals surface area (Å²) in [6.07, 6.45) is 1.86. The lowest BCUT2D eigenvalue weighted by Gasteiger charge is -2.44. The summed E-state index contributed by atoms with van der Waals surface area (Å²) >= 11 is 3.71. The van der Waals surface area contributed by atoms with Gasteiger partial charge in [0.2, 0.25) is 0 Å². The van der Waals surface area contributed by atoms with Gasteiger partial charge in [-0.2, -0.15) is 0 Å². The Balaban J connectivity index is 2.99. The predicted octanol–water partition coefficient (Wildman–Crippen LogP) is 7.84. The van der Waals surface area contributed by atoms with Crippen LogP contribution in [0, 0.1) is 0 Å². The molecule has 1 aromatic heterocycles. The second-order valence-electron chi connectivity index (χ2n) is 11.4. The number of anilines is 1. The Bertz CT molecular complexity index is 1000. The van der Waals surface area contributed by atoms with Gasteiger partial charge in [0.1, 0.15) is 11.4 Å². The quantitative estimate of drug-likeness (QED) is 0.338. The fraction of sp³-hybridized carbons (Fsp3) is 0.654. The minimum Gasteiger partial charge on any atom is -0.495 e. The molecule has 34 heavy (non-hydrogen) atoms. The molecule has 0 spiro atoms. The fourth-order valence-corrected chi connectivity index (χ4v) is 12.9. The molecule has 2 rings (SSSR count). The monoisotopic (exact) mass is 553 g/mol. The van der Waals surface area contributed by atoms with Crippen LogP contribution in [-0.4, -0.2) is 50.3 Å². The Morgan fingerprint density at radius 1 is 1.12 bits per heavy atom. The Morgan fingerprint density at radius 2 is 1.65 bits per heavy atom. The van der Waals surface area contributed by atoms with Crippen molar-refractivity contribution in [3.63, 3.8) is 0 Å². The molecular formula is C26H44BrN3O3Si. The van der Waals surface area contributed by atoms with E-state index >= 15 is 0 Å². The number of carbonyl (C=O) groups is 1. The summed E-state index contributed by atoms with van der Waals surface area (Å²) in [5.41, 5.74) is 3.94. The van der Waals surface area contributed by atoms with E-state index in [1.807, 2.05) is 20.8 Å². The number of rotatable bonds is 8. The molecule has 0 aliphatic carbocycles. The van der Waals surface area contributed by atoms with Crippen molar-refractivity contribution in [3.8, 4) is 5.75 Å². The van der Waals surface area contributed by atoms with Crippen LogP contribution in [-0.2, 0) is 11.3 Å². The fourth-order valence-electron chi connectivity index (χ4n) is 5.71. The SMILES string of the molecule is COc1cc2c(c(CN(C)C)cn2[Si](C(C)C)(C(C)C)C(C)C)c(NC(=O)OC(C)(C)C)c1Br. The van der Waals surface area contributed by atoms with Gasteiger partial charge in [-0.1, -0.05) is 41.5 Å². The van der Waals surface area contributed by atoms with Gasteiger partial charge in [0.05, 0.1) is 17.3 Å². The summed E-state index contributed by atoms with van der Waals surface area (Å²) < 4.78 is 14.7. The lowest BCUT2D eigenvalue weighted by atomic mass is 10.1. The van der Waals surface area contributed by atoms with Crippen LogP contribution in [0.25, 0.3) is 10.9 Å². The molecule has 1 N–H and O–H groups in total. The predicted molar refractivity (Wildman–Crippen MR) is 150 cm³/mol. The molecule has 6 nitrogen and oxygen atoms in total. The van der Waals surface area contributed by atoms with E-state index in [4.69, 9.17) is 9.47 Å². The number of ether oxygens (including phenoxy) is 2. The first kappa shape index (κ1) is 28.7. The van der Waals surface area contributed by atoms with Gasteiger partial charge in [-0.05, 0) is 73.0 Å². The summed E-state index contributed by atoms with van der Waals surface area (Å²) in [7, 11) is 3.73. The van der Waals surface area contributed by atoms with Crippen molar-refractivity contribution in [1.29, 1.82) is 0 Å². The van der Waals surface area contributed by atoms with Crippen molar-refractivity contribution >= 4 is 46.8 Å². The Labute approximate surface area is 215 Å². The van der Waals surface area contributed by atoms with E-state index < -0.39 is 19.9 Å². The number of aromatic nitrogens is 1. The van der Waals surface area contributed by atoms with E-state index in [0.717, 1.165) is 21.9 Å². The van der Waals surface area contributed by atoms with Crippen LogP contribution in [0.3, 0.4) is 0 Å². The first-order valence-electron chi connectivity index (χ1n) is 12.1. The third kappa shape index (κ3) is 5.49. The van der Waals surface area contributed by atoms with E-state index in [2.05, 4.69) is 98.3 Å². The van der Waals surface area contributed by atoms with E-state index in [1.54, 1.807) is 7.11 Å². The molecule has 0 saturated carbocycles. The highest BCUT2D eigenvalue weighted by Gasteiger charge is 2.46. The van der Waals surface area contributed by atoms with Crippen molar-refractivity contribution in [2.45, 2.75) is 91.1 Å². The Morgan fingerprint density at radius 3 is 2.06 bits per heavy atom. The molecule has 8 heteroatoms. The van der Waals surface area contributed by atoms with Gasteiger partial charge in [0.25, 0.3) is 0 Å². The highest BCUT2D eigenvalue weighted by molar-refractivity contribution is 9.10. The maximum absolute atomic E-state index is 12.9. The molecule has 0 atom stereocenters. The van der Waals surface area contributed by atoms with E-state index in [9.17, 15) is 4.79 Å². The number of amides is 1. The zero-order valence-corrected chi connectivity index (χ0v) is 25.7. The van der Waals surface area contributed by atoms with Crippen LogP contribution < -0.4 is 10.1 Å². The molecule has 0 aliphatic heterocycles. The lowest BCUT2D eigenvalue weighted by Crippen LogP contribution is -2.51. The number of halogens is 1. The zero-order chi connectivity index (χ0) is 26.2. The minimum atomic E-state index is -2.07. The second-order valence-corrected chi connectivity index (χ2v) is 17.9. The van der Waals surface area contributed by atoms with Gasteiger partial charge in [-0.3, -0.25) is 5.32 Å². The third-order valence-corrected chi connectivity index (χ3v) is 14.1. The van der Waals surface area contributed by atoms with Crippen molar-refractivity contribution in [3.05, 3.63) is 22.3 Å². The molecule has 0 saturated heterocycles. The number of hydrogen-bond acceptors (Lipinski definition) is 4. The van der Waals surface area contributed by atoms with E-state index in [1.165, 1.54) is 5.56 Å². The van der Waals surface area contributed by atoms with Crippen LogP contribution in [0.15, 0.2) is 16.7 Å². The molecular weight excluding hydrogens is 510 g/mol. The summed E-state index contributed by atoms with van der Waals surface area (Å²) in [4.78, 5) is 15.0. The molecule has 2 aromatic rings. The van der Waals surface area contributed by atoms with Crippen LogP contribution in [0.5, 0.6) is 5.75 Å². The van der Waals surface area contributed by atoms with Crippen molar-refractivity contribution < 1.29 is 14.3 Å². The largest absolute Gasteiger partial charge is 0.495 e. The van der Waals surface area contributed by atoms with Gasteiger partial charge >= 0.3 is 6.09 Å². The van der Waals surface area contributed by atoms with Crippen LogP contribution >= 0.6 is 15.9 Å². The van der Waals surface area contributed by atoms with Crippen molar-refractivity contribution in [1.82, 2.24) is 9.13 Å². The molecule has 192 valence electrons. The van der Waals surface area contributed by atoms with Gasteiger partial charge < -0.3 is 18.6 Å². The Hall–Kier alpha value is -1.51. The third-order valence-electron chi connectivity index (χ3n) is 6.60. The summed E-state index contributed by atoms with van der Waals surface area (Å²) in [6, 6.07) is 2.12. The smallest absolute Gasteiger partial charge is 0.412 e. The lowest BCUT2D eigenvalue weighted by molar-refractivity contribution is 0.0636. The van der Waals surface area contributed by atoms with Crippen molar-refractivity contribution in [2.24, 2.45) is 0 Å². The number of methoxy groups -OCH3 is 1. The topological polar surface area (TPSA) is 55.7 Å². The van der Waals surface area contributed by atoms with Gasteiger partial charge in [-0.15, -0.1) is 0 Å². The molecule has 0 radical (unpaired) electrons. The molecule has 0 aliphatic rings. The highest BCUT2D eigenvalue weighted by atomic mass is 79.9. The standard InChI is InChI=1S/C26H44BrN3O3Si/c1-16(2)34(17(3)4,18(5)6)30-15-19(14-29(10)11)22-20(30)13-21(32-12)23(27)24(22)28-25(31)33-26(7,8)9/h13,15-18H,14H2,1-12H3,(H,28,31). The maximum Gasteiger partial charge on any atom is 0.412 e. The normalized spacial score (nSPS) is 13.0. The first-order valence-corrected chi connectivity index (χ1v) is 15.1. The highest BCUT2D eigenvalue weighted by Crippen LogP contribution is 2.48. The molecule has 1 heterocycles. The first-order chi connectivity index (χ1) is 15.6. The van der Waals surface area contributed by atoms with Crippen LogP contribution in [0.4, 0.5) is 10.5 Å². The summed E-state index contributed by atoms with van der Waals surface area (Å²) in [6.45, 7) is 20.5. The average Bonchev–Trinajstić information content (AvgIpc) is 2.99. The maximum atomic E-state index is 12.9. The van der Waals surface area contributed by atoms with Crippen LogP contribution in [0.1, 0.15) is 67.9 Å².